The van der Waals surface area contributed by atoms with Crippen LogP contribution in [-0.2, 0) is 9.53 Å². The van der Waals surface area contributed by atoms with Gasteiger partial charge in [-0.25, -0.2) is 0 Å². The van der Waals surface area contributed by atoms with Crippen LogP contribution in [0.2, 0.25) is 0 Å². The normalized spacial score (nSPS) is 23.5. The van der Waals surface area contributed by atoms with Gasteiger partial charge in [-0.3, -0.25) is 4.79 Å². The first-order chi connectivity index (χ1) is 11.6. The predicted molar refractivity (Wildman–Crippen MR) is 97.2 cm³/mol. The van der Waals surface area contributed by atoms with Crippen molar-refractivity contribution in [2.45, 2.75) is 51.9 Å². The van der Waals surface area contributed by atoms with Crippen molar-refractivity contribution in [2.75, 3.05) is 13.7 Å². The Balaban J connectivity index is 2.12. The molecule has 0 unspecified atom stereocenters. The zero-order chi connectivity index (χ0) is 17.5. The second-order valence-electron chi connectivity index (χ2n) is 6.86. The van der Waals surface area contributed by atoms with Crippen LogP contribution in [-0.4, -0.2) is 19.7 Å². The fourth-order valence-corrected chi connectivity index (χ4v) is 3.66. The van der Waals surface area contributed by atoms with Crippen molar-refractivity contribution in [3.8, 4) is 5.75 Å². The molecule has 0 aromatic heterocycles. The van der Waals surface area contributed by atoms with Crippen LogP contribution in [0.3, 0.4) is 0 Å². The van der Waals surface area contributed by atoms with Gasteiger partial charge < -0.3 is 9.47 Å². The average Bonchev–Trinajstić information content (AvgIpc) is 2.61. The minimum absolute atomic E-state index is 0.00363. The Bertz CT molecular complexity index is 547. The Labute approximate surface area is 146 Å². The fraction of sp³-hybridized carbons (Fsp3) is 0.571. The lowest BCUT2D eigenvalue weighted by Crippen LogP contribution is -2.29. The van der Waals surface area contributed by atoms with Crippen LogP contribution in [0.5, 0.6) is 5.75 Å². The summed E-state index contributed by atoms with van der Waals surface area (Å²) < 4.78 is 10.7. The molecule has 1 saturated carbocycles. The van der Waals surface area contributed by atoms with Crippen LogP contribution < -0.4 is 4.74 Å². The number of esters is 1. The summed E-state index contributed by atoms with van der Waals surface area (Å²) in [6.45, 7) is 9.19. The molecule has 24 heavy (non-hydrogen) atoms. The Hall–Kier alpha value is -1.77. The van der Waals surface area contributed by atoms with Crippen LogP contribution in [0, 0.1) is 11.8 Å². The van der Waals surface area contributed by atoms with Gasteiger partial charge in [-0.2, -0.15) is 0 Å². The van der Waals surface area contributed by atoms with Crippen molar-refractivity contribution in [1.82, 2.24) is 0 Å². The van der Waals surface area contributed by atoms with E-state index in [-0.39, 0.29) is 11.9 Å². The molecular formula is C21H30O3. The monoisotopic (exact) mass is 330 g/mol. The Morgan fingerprint density at radius 1 is 1.25 bits per heavy atom. The van der Waals surface area contributed by atoms with E-state index in [0.29, 0.717) is 11.8 Å². The van der Waals surface area contributed by atoms with Gasteiger partial charge in [0.25, 0.3) is 0 Å². The van der Waals surface area contributed by atoms with Gasteiger partial charge in [0.15, 0.2) is 0 Å². The molecule has 1 aromatic rings. The number of carbonyl (C=O) groups excluding carboxylic acids is 1. The molecule has 0 spiro atoms. The highest BCUT2D eigenvalue weighted by Gasteiger charge is 2.35. The third-order valence-electron chi connectivity index (χ3n) is 5.09. The summed E-state index contributed by atoms with van der Waals surface area (Å²) in [5.41, 5.74) is 2.46. The molecule has 0 heterocycles. The molecule has 3 heteroatoms. The van der Waals surface area contributed by atoms with E-state index in [1.807, 2.05) is 12.1 Å². The Morgan fingerprint density at radius 2 is 1.96 bits per heavy atom. The molecule has 0 amide bonds. The maximum Gasteiger partial charge on any atom is 0.308 e. The van der Waals surface area contributed by atoms with E-state index in [4.69, 9.17) is 9.47 Å². The highest BCUT2D eigenvalue weighted by atomic mass is 16.5. The van der Waals surface area contributed by atoms with Crippen molar-refractivity contribution in [3.63, 3.8) is 0 Å². The van der Waals surface area contributed by atoms with Crippen molar-refractivity contribution < 1.29 is 14.3 Å². The summed E-state index contributed by atoms with van der Waals surface area (Å²) >= 11 is 0. The van der Waals surface area contributed by atoms with E-state index < -0.39 is 0 Å². The van der Waals surface area contributed by atoms with Gasteiger partial charge in [0.2, 0.25) is 0 Å². The van der Waals surface area contributed by atoms with Gasteiger partial charge in [-0.1, -0.05) is 37.6 Å². The number of benzene rings is 1. The summed E-state index contributed by atoms with van der Waals surface area (Å²) in [5.74, 6) is 1.58. The Kier molecular flexibility index (Phi) is 6.89. The third-order valence-corrected chi connectivity index (χ3v) is 5.09. The minimum Gasteiger partial charge on any atom is -0.494 e. The van der Waals surface area contributed by atoms with Crippen molar-refractivity contribution in [2.24, 2.45) is 11.8 Å². The molecule has 0 N–H and O–H groups in total. The van der Waals surface area contributed by atoms with Crippen molar-refractivity contribution in [1.29, 1.82) is 0 Å². The smallest absolute Gasteiger partial charge is 0.308 e. The number of rotatable bonds is 7. The van der Waals surface area contributed by atoms with E-state index in [2.05, 4.69) is 32.6 Å². The number of ether oxygens (including phenoxy) is 2. The van der Waals surface area contributed by atoms with Gasteiger partial charge in [0.1, 0.15) is 5.75 Å². The van der Waals surface area contributed by atoms with Gasteiger partial charge >= 0.3 is 5.97 Å². The number of hydrogen-bond donors (Lipinski definition) is 0. The summed E-state index contributed by atoms with van der Waals surface area (Å²) in [5, 5.41) is 0. The molecule has 0 saturated heterocycles. The number of carbonyl (C=O) groups is 1. The van der Waals surface area contributed by atoms with Crippen LogP contribution in [0.4, 0.5) is 0 Å². The lowest BCUT2D eigenvalue weighted by atomic mass is 9.69. The van der Waals surface area contributed by atoms with Crippen LogP contribution in [0.15, 0.2) is 36.4 Å². The minimum atomic E-state index is -0.0836. The maximum atomic E-state index is 12.0. The zero-order valence-electron chi connectivity index (χ0n) is 15.2. The quantitative estimate of drug-likeness (QED) is 0.396. The highest BCUT2D eigenvalue weighted by molar-refractivity contribution is 5.72. The van der Waals surface area contributed by atoms with Crippen molar-refractivity contribution in [3.05, 3.63) is 42.0 Å². The molecule has 2 rings (SSSR count). The SMILES string of the molecule is C=C(C)[C@@H]1CC[C@@H](C(=O)OC)C[C@H]1c1ccc(OCCCC)cc1. The van der Waals surface area contributed by atoms with Gasteiger partial charge in [0, 0.05) is 0 Å². The molecule has 0 aliphatic heterocycles. The molecule has 1 aliphatic carbocycles. The first-order valence-corrected chi connectivity index (χ1v) is 9.02. The molecule has 1 aromatic carbocycles. The number of hydrogen-bond acceptors (Lipinski definition) is 3. The van der Waals surface area contributed by atoms with E-state index in [9.17, 15) is 4.79 Å². The summed E-state index contributed by atoms with van der Waals surface area (Å²) in [4.78, 5) is 12.0. The van der Waals surface area contributed by atoms with Crippen molar-refractivity contribution >= 4 is 5.97 Å². The summed E-state index contributed by atoms with van der Waals surface area (Å²) in [6, 6.07) is 8.37. The number of unbranched alkanes of at least 4 members (excludes halogenated alkanes) is 1. The van der Waals surface area contributed by atoms with E-state index >= 15 is 0 Å². The van der Waals surface area contributed by atoms with E-state index in [0.717, 1.165) is 44.5 Å². The fourth-order valence-electron chi connectivity index (χ4n) is 3.66. The molecule has 132 valence electrons. The molecular weight excluding hydrogens is 300 g/mol. The molecule has 3 atom stereocenters. The zero-order valence-corrected chi connectivity index (χ0v) is 15.2. The maximum absolute atomic E-state index is 12.0. The van der Waals surface area contributed by atoms with Gasteiger partial charge in [-0.05, 0) is 62.1 Å². The standard InChI is InChI=1S/C21H30O3/c1-5-6-13-24-18-10-7-16(8-11-18)20-14-17(21(22)23-4)9-12-19(20)15(2)3/h7-8,10-11,17,19-20H,2,5-6,9,12-14H2,1,3-4H3/t17-,19+,20+/m1/s1. The molecule has 0 bridgehead atoms. The molecule has 3 nitrogen and oxygen atoms in total. The van der Waals surface area contributed by atoms with E-state index in [1.165, 1.54) is 18.2 Å². The van der Waals surface area contributed by atoms with Gasteiger partial charge in [-0.15, -0.1) is 0 Å². The Morgan fingerprint density at radius 3 is 2.54 bits per heavy atom. The van der Waals surface area contributed by atoms with Crippen LogP contribution >= 0.6 is 0 Å². The molecule has 0 radical (unpaired) electrons. The first kappa shape index (κ1) is 18.6. The second kappa shape index (κ2) is 8.91. The number of allylic oxidation sites excluding steroid dienone is 1. The second-order valence-corrected chi connectivity index (χ2v) is 6.86. The highest BCUT2D eigenvalue weighted by Crippen LogP contribution is 2.44. The predicted octanol–water partition coefficient (Wildman–Crippen LogP) is 5.11. The third kappa shape index (κ3) is 4.62. The largest absolute Gasteiger partial charge is 0.494 e. The molecule has 1 fully saturated rings. The van der Waals surface area contributed by atoms with E-state index in [1.54, 1.807) is 0 Å². The van der Waals surface area contributed by atoms with Crippen LogP contribution in [0.1, 0.15) is 57.4 Å². The van der Waals surface area contributed by atoms with Gasteiger partial charge in [0.05, 0.1) is 19.6 Å². The summed E-state index contributed by atoms with van der Waals surface area (Å²) in [6.07, 6.45) is 4.92. The lowest BCUT2D eigenvalue weighted by Gasteiger charge is -2.36. The molecule has 1 aliphatic rings. The average molecular weight is 330 g/mol. The number of methoxy groups -OCH3 is 1. The lowest BCUT2D eigenvalue weighted by molar-refractivity contribution is -0.147. The summed E-state index contributed by atoms with van der Waals surface area (Å²) in [7, 11) is 1.48. The van der Waals surface area contributed by atoms with Crippen LogP contribution in [0.25, 0.3) is 0 Å². The topological polar surface area (TPSA) is 35.5 Å². The first-order valence-electron chi connectivity index (χ1n) is 9.02.